The van der Waals surface area contributed by atoms with E-state index in [0.29, 0.717) is 18.2 Å². The summed E-state index contributed by atoms with van der Waals surface area (Å²) in [5.74, 6) is -1.37. The van der Waals surface area contributed by atoms with Crippen molar-refractivity contribution in [3.8, 4) is 0 Å². The number of carbonyl (C=O) groups is 1. The van der Waals surface area contributed by atoms with Crippen molar-refractivity contribution in [3.05, 3.63) is 41.2 Å². The summed E-state index contributed by atoms with van der Waals surface area (Å²) >= 11 is 0. The molecule has 5 heteroatoms. The SMILES string of the molecule is CN(C)C1CCN(Cc2cc(F)cc(C=CC(=O)O)c2)C1. The molecule has 2 rings (SSSR count). The van der Waals surface area contributed by atoms with Crippen LogP contribution >= 0.6 is 0 Å². The van der Waals surface area contributed by atoms with E-state index in [4.69, 9.17) is 5.11 Å². The van der Waals surface area contributed by atoms with Crippen molar-refractivity contribution in [1.29, 1.82) is 0 Å². The van der Waals surface area contributed by atoms with Crippen molar-refractivity contribution in [3.63, 3.8) is 0 Å². The molecule has 0 aliphatic carbocycles. The third-order valence-corrected chi connectivity index (χ3v) is 3.78. The minimum absolute atomic E-state index is 0.333. The first-order valence-corrected chi connectivity index (χ1v) is 7.03. The van der Waals surface area contributed by atoms with Gasteiger partial charge in [-0.3, -0.25) is 4.90 Å². The topological polar surface area (TPSA) is 43.8 Å². The van der Waals surface area contributed by atoms with Crippen molar-refractivity contribution in [2.45, 2.75) is 19.0 Å². The lowest BCUT2D eigenvalue weighted by Gasteiger charge is -2.20. The predicted octanol–water partition coefficient (Wildman–Crippen LogP) is 2.06. The van der Waals surface area contributed by atoms with Crippen molar-refractivity contribution in [2.24, 2.45) is 0 Å². The minimum Gasteiger partial charge on any atom is -0.478 e. The van der Waals surface area contributed by atoms with Crippen molar-refractivity contribution in [1.82, 2.24) is 9.80 Å². The lowest BCUT2D eigenvalue weighted by Crippen LogP contribution is -2.31. The van der Waals surface area contributed by atoms with Crippen LogP contribution in [0.2, 0.25) is 0 Å². The maximum absolute atomic E-state index is 13.6. The number of likely N-dealkylation sites (tertiary alicyclic amines) is 1. The Morgan fingerprint density at radius 2 is 2.24 bits per heavy atom. The van der Waals surface area contributed by atoms with Gasteiger partial charge in [-0.2, -0.15) is 0 Å². The Bertz CT molecular complexity index is 543. The fraction of sp³-hybridized carbons (Fsp3) is 0.438. The summed E-state index contributed by atoms with van der Waals surface area (Å²) in [6.45, 7) is 2.67. The Labute approximate surface area is 124 Å². The summed E-state index contributed by atoms with van der Waals surface area (Å²) in [5.41, 5.74) is 1.45. The van der Waals surface area contributed by atoms with E-state index < -0.39 is 5.97 Å². The van der Waals surface area contributed by atoms with E-state index in [-0.39, 0.29) is 5.82 Å². The molecule has 0 radical (unpaired) electrons. The molecule has 0 aromatic heterocycles. The maximum atomic E-state index is 13.6. The zero-order valence-corrected chi connectivity index (χ0v) is 12.4. The molecule has 4 nitrogen and oxygen atoms in total. The van der Waals surface area contributed by atoms with Gasteiger partial charge in [0.2, 0.25) is 0 Å². The molecule has 1 aliphatic heterocycles. The van der Waals surface area contributed by atoms with Crippen LogP contribution in [0.4, 0.5) is 4.39 Å². The Morgan fingerprint density at radius 1 is 1.48 bits per heavy atom. The lowest BCUT2D eigenvalue weighted by atomic mass is 10.1. The molecular weight excluding hydrogens is 271 g/mol. The molecule has 1 fully saturated rings. The van der Waals surface area contributed by atoms with Crippen molar-refractivity contribution >= 4 is 12.0 Å². The number of rotatable bonds is 5. The highest BCUT2D eigenvalue weighted by atomic mass is 19.1. The van der Waals surface area contributed by atoms with Gasteiger partial charge in [0.1, 0.15) is 5.82 Å². The van der Waals surface area contributed by atoms with Crippen LogP contribution in [0.15, 0.2) is 24.3 Å². The summed E-state index contributed by atoms with van der Waals surface area (Å²) in [5, 5.41) is 8.63. The van der Waals surface area contributed by atoms with Crippen LogP contribution in [-0.4, -0.2) is 54.1 Å². The minimum atomic E-state index is -1.03. The molecule has 1 aromatic carbocycles. The summed E-state index contributed by atoms with van der Waals surface area (Å²) in [7, 11) is 4.15. The molecule has 0 bridgehead atoms. The fourth-order valence-corrected chi connectivity index (χ4v) is 2.67. The predicted molar refractivity (Wildman–Crippen MR) is 80.4 cm³/mol. The number of carboxylic acids is 1. The molecule has 1 unspecified atom stereocenters. The zero-order chi connectivity index (χ0) is 15.4. The monoisotopic (exact) mass is 292 g/mol. The van der Waals surface area contributed by atoms with Gasteiger partial charge in [-0.1, -0.05) is 6.07 Å². The van der Waals surface area contributed by atoms with Gasteiger partial charge in [0, 0.05) is 31.8 Å². The van der Waals surface area contributed by atoms with Gasteiger partial charge < -0.3 is 10.0 Å². The number of hydrogen-bond donors (Lipinski definition) is 1. The van der Waals surface area contributed by atoms with Crippen LogP contribution < -0.4 is 0 Å². The first-order chi connectivity index (χ1) is 9.94. The molecular formula is C16H21FN2O2. The third-order valence-electron chi connectivity index (χ3n) is 3.78. The van der Waals surface area contributed by atoms with Crippen molar-refractivity contribution < 1.29 is 14.3 Å². The highest BCUT2D eigenvalue weighted by molar-refractivity contribution is 5.85. The quantitative estimate of drug-likeness (QED) is 0.844. The molecule has 21 heavy (non-hydrogen) atoms. The summed E-state index contributed by atoms with van der Waals surface area (Å²) in [6.07, 6.45) is 3.56. The van der Waals surface area contributed by atoms with Crippen LogP contribution in [-0.2, 0) is 11.3 Å². The van der Waals surface area contributed by atoms with Crippen LogP contribution in [0.1, 0.15) is 17.5 Å². The van der Waals surface area contributed by atoms with E-state index in [9.17, 15) is 9.18 Å². The van der Waals surface area contributed by atoms with Gasteiger partial charge in [-0.15, -0.1) is 0 Å². The molecule has 1 atom stereocenters. The summed E-state index contributed by atoms with van der Waals surface area (Å²) in [4.78, 5) is 15.0. The first kappa shape index (κ1) is 15.7. The average Bonchev–Trinajstić information content (AvgIpc) is 2.84. The number of halogens is 1. The maximum Gasteiger partial charge on any atom is 0.328 e. The molecule has 0 saturated carbocycles. The number of nitrogens with zero attached hydrogens (tertiary/aromatic N) is 2. The molecule has 0 spiro atoms. The second kappa shape index (κ2) is 6.83. The van der Waals surface area contributed by atoms with Gasteiger partial charge in [-0.05, 0) is 49.9 Å². The molecule has 0 amide bonds. The van der Waals surface area contributed by atoms with E-state index in [1.54, 1.807) is 0 Å². The molecule has 1 aromatic rings. The Kier molecular flexibility index (Phi) is 5.09. The van der Waals surface area contributed by atoms with E-state index in [2.05, 4.69) is 23.9 Å². The van der Waals surface area contributed by atoms with Gasteiger partial charge in [-0.25, -0.2) is 9.18 Å². The van der Waals surface area contributed by atoms with Crippen molar-refractivity contribution in [2.75, 3.05) is 27.2 Å². The van der Waals surface area contributed by atoms with Gasteiger partial charge in [0.15, 0.2) is 0 Å². The molecule has 1 N–H and O–H groups in total. The van der Waals surface area contributed by atoms with Crippen LogP contribution in [0.3, 0.4) is 0 Å². The molecule has 114 valence electrons. The number of aliphatic carboxylic acids is 1. The van der Waals surface area contributed by atoms with Crippen LogP contribution in [0.25, 0.3) is 6.08 Å². The number of carboxylic acid groups (broad SMARTS) is 1. The largest absolute Gasteiger partial charge is 0.478 e. The summed E-state index contributed by atoms with van der Waals surface area (Å²) in [6, 6.07) is 5.24. The lowest BCUT2D eigenvalue weighted by molar-refractivity contribution is -0.131. The summed E-state index contributed by atoms with van der Waals surface area (Å²) < 4.78 is 13.6. The highest BCUT2D eigenvalue weighted by Gasteiger charge is 2.23. The smallest absolute Gasteiger partial charge is 0.328 e. The average molecular weight is 292 g/mol. The van der Waals surface area contributed by atoms with Crippen LogP contribution in [0, 0.1) is 5.82 Å². The Balaban J connectivity index is 2.05. The van der Waals surface area contributed by atoms with Gasteiger partial charge in [0.25, 0.3) is 0 Å². The van der Waals surface area contributed by atoms with Gasteiger partial charge >= 0.3 is 5.97 Å². The Hall–Kier alpha value is -1.72. The highest BCUT2D eigenvalue weighted by Crippen LogP contribution is 2.18. The first-order valence-electron chi connectivity index (χ1n) is 7.03. The second-order valence-corrected chi connectivity index (χ2v) is 5.71. The fourth-order valence-electron chi connectivity index (χ4n) is 2.67. The Morgan fingerprint density at radius 3 is 2.86 bits per heavy atom. The normalized spacial score (nSPS) is 19.7. The second-order valence-electron chi connectivity index (χ2n) is 5.71. The molecule has 1 heterocycles. The zero-order valence-electron chi connectivity index (χ0n) is 12.4. The molecule has 1 saturated heterocycles. The van der Waals surface area contributed by atoms with E-state index in [1.807, 2.05) is 6.07 Å². The third kappa shape index (κ3) is 4.65. The van der Waals surface area contributed by atoms with E-state index >= 15 is 0 Å². The standard InChI is InChI=1S/C16H21FN2O2/c1-18(2)15-5-6-19(11-15)10-13-7-12(3-4-16(20)21)8-14(17)9-13/h3-4,7-9,15H,5-6,10-11H2,1-2H3,(H,20,21). The van der Waals surface area contributed by atoms with Gasteiger partial charge in [0.05, 0.1) is 0 Å². The number of hydrogen-bond acceptors (Lipinski definition) is 3. The number of likely N-dealkylation sites (N-methyl/N-ethyl adjacent to an activating group) is 1. The van der Waals surface area contributed by atoms with E-state index in [0.717, 1.165) is 31.1 Å². The van der Waals surface area contributed by atoms with E-state index in [1.165, 1.54) is 18.2 Å². The molecule has 1 aliphatic rings. The number of benzene rings is 1. The van der Waals surface area contributed by atoms with Crippen LogP contribution in [0.5, 0.6) is 0 Å².